The van der Waals surface area contributed by atoms with Crippen LogP contribution in [0.1, 0.15) is 35.3 Å². The molecule has 0 aliphatic carbocycles. The summed E-state index contributed by atoms with van der Waals surface area (Å²) in [6.07, 6.45) is -6.41. The van der Waals surface area contributed by atoms with Crippen molar-refractivity contribution in [3.8, 4) is 11.3 Å². The molecule has 0 amide bonds. The lowest BCUT2D eigenvalue weighted by Gasteiger charge is -2.53. The summed E-state index contributed by atoms with van der Waals surface area (Å²) in [6.45, 7) is -1.14. The van der Waals surface area contributed by atoms with Crippen LogP contribution in [0.25, 0.3) is 11.3 Å². The molecule has 2 aliphatic rings. The summed E-state index contributed by atoms with van der Waals surface area (Å²) in [5.41, 5.74) is -3.62. The van der Waals surface area contributed by atoms with Crippen LogP contribution in [0.15, 0.2) is 42.6 Å². The zero-order valence-electron chi connectivity index (χ0n) is 24.2. The number of hydrogen-bond acceptors (Lipinski definition) is 8. The molecule has 4 N–H and O–H groups in total. The molecule has 254 valence electrons. The lowest BCUT2D eigenvalue weighted by Crippen LogP contribution is -2.55. The molecule has 0 spiro atoms. The highest BCUT2D eigenvalue weighted by Gasteiger charge is 2.53. The van der Waals surface area contributed by atoms with Gasteiger partial charge in [0.25, 0.3) is 0 Å². The summed E-state index contributed by atoms with van der Waals surface area (Å²) in [4.78, 5) is 0. The van der Waals surface area contributed by atoms with Crippen molar-refractivity contribution in [2.24, 2.45) is 0 Å². The minimum absolute atomic E-state index is 0.144. The maximum Gasteiger partial charge on any atom is 0.416 e. The molecular weight excluding hydrogens is 666 g/mol. The molecule has 2 aromatic carbocycles. The van der Waals surface area contributed by atoms with Gasteiger partial charge >= 0.3 is 6.18 Å². The number of piperidine rings is 1. The number of hydrogen-bond donors (Lipinski definition) is 5. The third-order valence-corrected chi connectivity index (χ3v) is 13.5. The maximum absolute atomic E-state index is 14.3. The number of thiol groups is 1. The summed E-state index contributed by atoms with van der Waals surface area (Å²) >= 11 is 0. The van der Waals surface area contributed by atoms with Crippen LogP contribution in [0.2, 0.25) is 0 Å². The van der Waals surface area contributed by atoms with Gasteiger partial charge in [-0.1, -0.05) is 23.4 Å². The Morgan fingerprint density at radius 2 is 1.70 bits per heavy atom. The quantitative estimate of drug-likeness (QED) is 0.144. The van der Waals surface area contributed by atoms with E-state index in [4.69, 9.17) is 0 Å². The molecule has 0 bridgehead atoms. The van der Waals surface area contributed by atoms with Crippen molar-refractivity contribution in [1.82, 2.24) is 19.3 Å². The van der Waals surface area contributed by atoms with Gasteiger partial charge in [-0.2, -0.15) is 13.2 Å². The van der Waals surface area contributed by atoms with Crippen LogP contribution in [-0.2, 0) is 16.2 Å². The van der Waals surface area contributed by atoms with Crippen LogP contribution < -0.4 is 0 Å². The van der Waals surface area contributed by atoms with Gasteiger partial charge in [0, 0.05) is 34.9 Å². The molecule has 0 radical (unpaired) electrons. The number of benzene rings is 2. The van der Waals surface area contributed by atoms with Crippen molar-refractivity contribution in [2.75, 3.05) is 31.7 Å². The Hall–Kier alpha value is -2.74. The predicted molar refractivity (Wildman–Crippen MR) is 156 cm³/mol. The minimum atomic E-state index is -4.85. The lowest BCUT2D eigenvalue weighted by molar-refractivity contribution is -0.138. The predicted octanol–water partition coefficient (Wildman–Crippen LogP) is 2.55. The van der Waals surface area contributed by atoms with Gasteiger partial charge in [-0.3, -0.25) is 0 Å². The molecule has 1 unspecified atom stereocenters. The minimum Gasteiger partial charge on any atom is -0.395 e. The molecule has 2 fully saturated rings. The second-order valence-corrected chi connectivity index (χ2v) is 16.1. The van der Waals surface area contributed by atoms with Gasteiger partial charge in [-0.15, -0.1) is 5.10 Å². The van der Waals surface area contributed by atoms with E-state index < -0.39 is 91.1 Å². The first-order valence-electron chi connectivity index (χ1n) is 14.1. The van der Waals surface area contributed by atoms with Crippen molar-refractivity contribution in [3.63, 3.8) is 0 Å². The number of rotatable bonds is 7. The number of aromatic nitrogens is 3. The molecule has 3 heterocycles. The van der Waals surface area contributed by atoms with E-state index in [9.17, 15) is 55.2 Å². The van der Waals surface area contributed by atoms with E-state index in [0.29, 0.717) is 12.1 Å². The highest BCUT2D eigenvalue weighted by molar-refractivity contribution is 8.18. The van der Waals surface area contributed by atoms with E-state index in [1.807, 2.05) is 0 Å². The lowest BCUT2D eigenvalue weighted by atomic mass is 9.84. The highest BCUT2D eigenvalue weighted by Crippen LogP contribution is 2.60. The second-order valence-electron chi connectivity index (χ2n) is 11.6. The molecule has 2 aliphatic heterocycles. The van der Waals surface area contributed by atoms with Crippen molar-refractivity contribution < 1.29 is 55.2 Å². The molecule has 3 aromatic rings. The highest BCUT2D eigenvalue weighted by atomic mass is 32.2. The summed E-state index contributed by atoms with van der Waals surface area (Å²) in [7, 11) is -5.73. The van der Waals surface area contributed by atoms with Gasteiger partial charge in [0.1, 0.15) is 11.7 Å². The summed E-state index contributed by atoms with van der Waals surface area (Å²) < 4.78 is 111. The fourth-order valence-corrected chi connectivity index (χ4v) is 11.1. The molecule has 46 heavy (non-hydrogen) atoms. The fourth-order valence-electron chi connectivity index (χ4n) is 6.46. The molecule has 1 aromatic heterocycles. The zero-order chi connectivity index (χ0) is 33.8. The first-order valence-corrected chi connectivity index (χ1v) is 17.6. The van der Waals surface area contributed by atoms with Crippen molar-refractivity contribution in [1.29, 1.82) is 0 Å². The third kappa shape index (κ3) is 6.52. The van der Waals surface area contributed by atoms with E-state index in [1.54, 1.807) is 0 Å². The Morgan fingerprint density at radius 1 is 1.09 bits per heavy atom. The molecular formula is C28H32F6N4O6S2. The Morgan fingerprint density at radius 3 is 2.26 bits per heavy atom. The van der Waals surface area contributed by atoms with Crippen LogP contribution in [0.3, 0.4) is 0 Å². The van der Waals surface area contributed by atoms with Crippen LogP contribution >= 0.6 is 10.9 Å². The smallest absolute Gasteiger partial charge is 0.395 e. The number of aliphatic hydroxyl groups is 4. The standard InChI is InChI=1S/C28H32F6N4O6S2/c1-46(43,44)37-8-6-27(42,7-9-37)26(16-4-2-3-5-17(16)28(32,33)34)45-14-21(40)24(25(41)22(45)13-39)38-12-20(35-36-38)15-10-18(29)23(31)19(30)11-15/h2-5,10-12,21-22,24-26,39-42,45H,6-9,13-14H2,1H3/t21-,22+,24-,25-,26-/m0/s1. The normalized spacial score (nSPS) is 27.4. The van der Waals surface area contributed by atoms with Crippen molar-refractivity contribution >= 4 is 20.9 Å². The van der Waals surface area contributed by atoms with Crippen molar-refractivity contribution in [2.45, 2.75) is 53.4 Å². The van der Waals surface area contributed by atoms with Crippen LogP contribution in [0.4, 0.5) is 26.3 Å². The Balaban J connectivity index is 1.54. The largest absolute Gasteiger partial charge is 0.416 e. The Labute approximate surface area is 262 Å². The third-order valence-electron chi connectivity index (χ3n) is 8.70. The molecule has 5 rings (SSSR count). The number of alkyl halides is 3. The average Bonchev–Trinajstić information content (AvgIpc) is 3.45. The van der Waals surface area contributed by atoms with Crippen molar-refractivity contribution in [3.05, 3.63) is 71.2 Å². The van der Waals surface area contributed by atoms with Gasteiger partial charge in [-0.05, 0) is 36.6 Å². The number of aliphatic hydroxyl groups excluding tert-OH is 3. The van der Waals surface area contributed by atoms with E-state index in [1.165, 1.54) is 18.2 Å². The average molecular weight is 699 g/mol. The van der Waals surface area contributed by atoms with Gasteiger partial charge in [0.05, 0.1) is 42.4 Å². The molecule has 2 saturated heterocycles. The zero-order valence-corrected chi connectivity index (χ0v) is 25.9. The number of sulfonamides is 1. The monoisotopic (exact) mass is 698 g/mol. The number of halogens is 6. The van der Waals surface area contributed by atoms with E-state index in [0.717, 1.165) is 27.5 Å². The van der Waals surface area contributed by atoms with Crippen LogP contribution in [0, 0.1) is 17.5 Å². The van der Waals surface area contributed by atoms with Crippen LogP contribution in [0.5, 0.6) is 0 Å². The van der Waals surface area contributed by atoms with E-state index in [-0.39, 0.29) is 48.5 Å². The number of nitrogens with zero attached hydrogens (tertiary/aromatic N) is 4. The summed E-state index contributed by atoms with van der Waals surface area (Å²) in [5.74, 6) is -4.96. The second kappa shape index (κ2) is 12.7. The topological polar surface area (TPSA) is 149 Å². The first-order chi connectivity index (χ1) is 21.5. The molecule has 0 saturated carbocycles. The molecule has 10 nitrogen and oxygen atoms in total. The van der Waals surface area contributed by atoms with Gasteiger partial charge < -0.3 is 20.4 Å². The maximum atomic E-state index is 14.3. The molecule has 18 heteroatoms. The Bertz CT molecular complexity index is 1660. The molecule has 6 atom stereocenters. The Kier molecular flexibility index (Phi) is 9.55. The SMILES string of the molecule is CS(=O)(=O)N1CCC(O)([C@H](c2ccccc2C(F)(F)F)[SH]2C[C@H](O)[C@H](n3cc(-c4cc(F)c(F)c(F)c4)nn3)[C@@H](O)[C@H]2CO)CC1. The van der Waals surface area contributed by atoms with Gasteiger partial charge in [0.2, 0.25) is 10.0 Å². The van der Waals surface area contributed by atoms with Gasteiger partial charge in [-0.25, -0.2) is 41.5 Å². The van der Waals surface area contributed by atoms with E-state index in [2.05, 4.69) is 10.3 Å². The summed E-state index contributed by atoms with van der Waals surface area (Å²) in [5, 5.41) is 50.6. The van der Waals surface area contributed by atoms with Gasteiger partial charge in [0.15, 0.2) is 17.5 Å². The van der Waals surface area contributed by atoms with Crippen LogP contribution in [-0.4, -0.2) is 103 Å². The van der Waals surface area contributed by atoms with E-state index >= 15 is 0 Å². The first kappa shape index (κ1) is 34.6. The fraction of sp³-hybridized carbons (Fsp3) is 0.500. The summed E-state index contributed by atoms with van der Waals surface area (Å²) in [6, 6.07) is 4.60.